The van der Waals surface area contributed by atoms with Gasteiger partial charge in [0.2, 0.25) is 5.75 Å². The van der Waals surface area contributed by atoms with Gasteiger partial charge in [-0.25, -0.2) is 0 Å². The van der Waals surface area contributed by atoms with E-state index in [0.717, 1.165) is 38.2 Å². The van der Waals surface area contributed by atoms with Crippen molar-refractivity contribution < 1.29 is 24.1 Å². The maximum absolute atomic E-state index is 12.1. The van der Waals surface area contributed by atoms with Crippen LogP contribution in [0, 0.1) is 0 Å². The Bertz CT molecular complexity index is 600. The van der Waals surface area contributed by atoms with Gasteiger partial charge < -0.3 is 19.3 Å². The molecule has 0 radical (unpaired) electrons. The zero-order valence-electron chi connectivity index (χ0n) is 16.2. The Kier molecular flexibility index (Phi) is 7.53. The van der Waals surface area contributed by atoms with E-state index in [0.29, 0.717) is 24.7 Å². The summed E-state index contributed by atoms with van der Waals surface area (Å²) >= 11 is 0. The summed E-state index contributed by atoms with van der Waals surface area (Å²) in [4.78, 5) is 16.5. The van der Waals surface area contributed by atoms with E-state index in [9.17, 15) is 9.90 Å². The molecule has 1 heterocycles. The highest BCUT2D eigenvalue weighted by Crippen LogP contribution is 2.39. The summed E-state index contributed by atoms with van der Waals surface area (Å²) in [6, 6.07) is 3.49. The van der Waals surface area contributed by atoms with Crippen molar-refractivity contribution in [2.75, 3.05) is 47.0 Å². The van der Waals surface area contributed by atoms with Crippen LogP contribution < -0.4 is 9.47 Å². The number of rotatable bonds is 8. The second-order valence-corrected chi connectivity index (χ2v) is 6.30. The van der Waals surface area contributed by atoms with Crippen molar-refractivity contribution in [1.29, 1.82) is 0 Å². The molecule has 0 bridgehead atoms. The molecule has 0 aromatic heterocycles. The van der Waals surface area contributed by atoms with E-state index in [1.54, 1.807) is 13.2 Å². The maximum Gasteiger partial charge on any atom is 0.323 e. The summed E-state index contributed by atoms with van der Waals surface area (Å²) in [5, 5.41) is 10.4. The van der Waals surface area contributed by atoms with E-state index in [1.165, 1.54) is 7.11 Å². The van der Waals surface area contributed by atoms with E-state index < -0.39 is 0 Å². The van der Waals surface area contributed by atoms with Gasteiger partial charge in [0.25, 0.3) is 0 Å². The van der Waals surface area contributed by atoms with Gasteiger partial charge in [-0.2, -0.15) is 0 Å². The third kappa shape index (κ3) is 4.59. The number of piperazine rings is 1. The molecule has 1 aromatic carbocycles. The monoisotopic (exact) mass is 366 g/mol. The third-order valence-electron chi connectivity index (χ3n) is 4.79. The minimum atomic E-state index is -0.174. The number of hydrogen-bond donors (Lipinski definition) is 1. The van der Waals surface area contributed by atoms with Crippen LogP contribution in [0.5, 0.6) is 17.2 Å². The number of nitrogens with zero attached hydrogens (tertiary/aromatic N) is 2. The minimum Gasteiger partial charge on any atom is -0.504 e. The highest BCUT2D eigenvalue weighted by molar-refractivity contribution is 5.75. The molecule has 1 saturated heterocycles. The number of hydrogen-bond acceptors (Lipinski definition) is 7. The molecule has 0 amide bonds. The number of methoxy groups -OCH3 is 2. The molecule has 0 saturated carbocycles. The van der Waals surface area contributed by atoms with E-state index in [-0.39, 0.29) is 17.8 Å². The van der Waals surface area contributed by atoms with Crippen molar-refractivity contribution in [3.63, 3.8) is 0 Å². The summed E-state index contributed by atoms with van der Waals surface area (Å²) in [6.07, 6.45) is 0.745. The molecule has 1 aromatic rings. The Labute approximate surface area is 155 Å². The molecule has 0 spiro atoms. The lowest BCUT2D eigenvalue weighted by Gasteiger charge is -2.38. The topological polar surface area (TPSA) is 71.5 Å². The average molecular weight is 366 g/mol. The minimum absolute atomic E-state index is 0.118. The van der Waals surface area contributed by atoms with Gasteiger partial charge in [-0.1, -0.05) is 13.0 Å². The van der Waals surface area contributed by atoms with Gasteiger partial charge in [-0.05, 0) is 19.4 Å². The number of aromatic hydroxyl groups is 1. The highest BCUT2D eigenvalue weighted by Gasteiger charge is 2.29. The molecule has 1 fully saturated rings. The SMILES string of the molecule is CCOC(=O)C(CC)N1CCN(Cc2ccc(OC)c(OC)c2O)CC1. The molecule has 26 heavy (non-hydrogen) atoms. The standard InChI is InChI=1S/C19H30N2O5/c1-5-15(19(23)26-6-2)21-11-9-20(10-12-21)13-14-7-8-16(24-3)18(25-4)17(14)22/h7-8,15,22H,5-6,9-13H2,1-4H3. The molecule has 1 unspecified atom stereocenters. The van der Waals surface area contributed by atoms with E-state index in [2.05, 4.69) is 9.80 Å². The molecule has 1 aliphatic heterocycles. The van der Waals surface area contributed by atoms with Gasteiger partial charge in [0.05, 0.1) is 20.8 Å². The zero-order chi connectivity index (χ0) is 19.1. The second kappa shape index (κ2) is 9.64. The van der Waals surface area contributed by atoms with Crippen LogP contribution in [0.25, 0.3) is 0 Å². The van der Waals surface area contributed by atoms with E-state index in [1.807, 2.05) is 19.9 Å². The molecule has 146 valence electrons. The van der Waals surface area contributed by atoms with Crippen LogP contribution in [-0.4, -0.2) is 73.9 Å². The predicted molar refractivity (Wildman–Crippen MR) is 98.8 cm³/mol. The smallest absolute Gasteiger partial charge is 0.323 e. The van der Waals surface area contributed by atoms with Crippen LogP contribution in [-0.2, 0) is 16.1 Å². The lowest BCUT2D eigenvalue weighted by Crippen LogP contribution is -2.52. The van der Waals surface area contributed by atoms with Crippen LogP contribution >= 0.6 is 0 Å². The van der Waals surface area contributed by atoms with Crippen molar-refractivity contribution in [2.45, 2.75) is 32.9 Å². The number of benzene rings is 1. The fraction of sp³-hybridized carbons (Fsp3) is 0.632. The fourth-order valence-electron chi connectivity index (χ4n) is 3.37. The summed E-state index contributed by atoms with van der Waals surface area (Å²) in [5.74, 6) is 0.851. The van der Waals surface area contributed by atoms with Crippen LogP contribution in [0.4, 0.5) is 0 Å². The number of carbonyl (C=O) groups excluding carboxylic acids is 1. The molecule has 1 aliphatic rings. The Morgan fingerprint density at radius 1 is 1.15 bits per heavy atom. The van der Waals surface area contributed by atoms with Crippen LogP contribution in [0.15, 0.2) is 12.1 Å². The van der Waals surface area contributed by atoms with Gasteiger partial charge in [0.1, 0.15) is 6.04 Å². The average Bonchev–Trinajstić information content (AvgIpc) is 2.65. The summed E-state index contributed by atoms with van der Waals surface area (Å²) in [7, 11) is 3.06. The lowest BCUT2D eigenvalue weighted by atomic mass is 10.1. The molecule has 2 rings (SSSR count). The summed E-state index contributed by atoms with van der Waals surface area (Å²) in [6.45, 7) is 8.11. The fourth-order valence-corrected chi connectivity index (χ4v) is 3.37. The molecule has 7 heteroatoms. The van der Waals surface area contributed by atoms with Gasteiger partial charge in [-0.3, -0.25) is 14.6 Å². The quantitative estimate of drug-likeness (QED) is 0.704. The second-order valence-electron chi connectivity index (χ2n) is 6.30. The normalized spacial score (nSPS) is 16.9. The van der Waals surface area contributed by atoms with Gasteiger partial charge in [-0.15, -0.1) is 0 Å². The molecule has 7 nitrogen and oxygen atoms in total. The lowest BCUT2D eigenvalue weighted by molar-refractivity contribution is -0.150. The third-order valence-corrected chi connectivity index (χ3v) is 4.79. The highest BCUT2D eigenvalue weighted by atomic mass is 16.5. The largest absolute Gasteiger partial charge is 0.504 e. The van der Waals surface area contributed by atoms with E-state index >= 15 is 0 Å². The molecular weight excluding hydrogens is 336 g/mol. The predicted octanol–water partition coefficient (Wildman–Crippen LogP) is 1.87. The Hall–Kier alpha value is -1.99. The zero-order valence-corrected chi connectivity index (χ0v) is 16.2. The van der Waals surface area contributed by atoms with Gasteiger partial charge in [0.15, 0.2) is 11.5 Å². The van der Waals surface area contributed by atoms with Crippen molar-refractivity contribution in [2.24, 2.45) is 0 Å². The first-order valence-electron chi connectivity index (χ1n) is 9.11. The van der Waals surface area contributed by atoms with Crippen molar-refractivity contribution >= 4 is 5.97 Å². The molecule has 1 atom stereocenters. The van der Waals surface area contributed by atoms with E-state index in [4.69, 9.17) is 14.2 Å². The maximum atomic E-state index is 12.1. The Morgan fingerprint density at radius 2 is 1.85 bits per heavy atom. The van der Waals surface area contributed by atoms with Crippen LogP contribution in [0.3, 0.4) is 0 Å². The summed E-state index contributed by atoms with van der Waals surface area (Å²) in [5.41, 5.74) is 0.800. The Morgan fingerprint density at radius 3 is 2.38 bits per heavy atom. The Balaban J connectivity index is 1.98. The number of ether oxygens (including phenoxy) is 3. The first kappa shape index (κ1) is 20.3. The van der Waals surface area contributed by atoms with Crippen molar-refractivity contribution in [3.8, 4) is 17.2 Å². The first-order valence-corrected chi connectivity index (χ1v) is 9.11. The number of carbonyl (C=O) groups is 1. The van der Waals surface area contributed by atoms with Crippen molar-refractivity contribution in [3.05, 3.63) is 17.7 Å². The van der Waals surface area contributed by atoms with Crippen LogP contribution in [0.2, 0.25) is 0 Å². The first-order chi connectivity index (χ1) is 12.5. The molecular formula is C19H30N2O5. The van der Waals surface area contributed by atoms with Crippen LogP contribution in [0.1, 0.15) is 25.8 Å². The summed E-state index contributed by atoms with van der Waals surface area (Å²) < 4.78 is 15.6. The molecule has 0 aliphatic carbocycles. The number of phenolic OH excluding ortho intramolecular Hbond substituents is 1. The number of phenols is 1. The number of esters is 1. The van der Waals surface area contributed by atoms with Gasteiger partial charge in [0, 0.05) is 38.3 Å². The van der Waals surface area contributed by atoms with Crippen molar-refractivity contribution in [1.82, 2.24) is 9.80 Å². The molecule has 1 N–H and O–H groups in total. The van der Waals surface area contributed by atoms with Gasteiger partial charge >= 0.3 is 5.97 Å².